The Labute approximate surface area is 133 Å². The molecule has 5 heteroatoms. The lowest BCUT2D eigenvalue weighted by molar-refractivity contribution is 0.0697. The lowest BCUT2D eigenvalue weighted by atomic mass is 10.1. The summed E-state index contributed by atoms with van der Waals surface area (Å²) in [6.07, 6.45) is 0. The average Bonchev–Trinajstić information content (AvgIpc) is 2.48. The molecule has 0 unspecified atom stereocenters. The first kappa shape index (κ1) is 15.5. The Balaban J connectivity index is 2.00. The van der Waals surface area contributed by atoms with Gasteiger partial charge in [-0.2, -0.15) is 11.8 Å². The molecule has 0 aliphatic carbocycles. The number of benzene rings is 2. The maximum atomic E-state index is 10.9. The lowest BCUT2D eigenvalue weighted by Crippen LogP contribution is -2.11. The van der Waals surface area contributed by atoms with Crippen LogP contribution in [0.5, 0.6) is 0 Å². The van der Waals surface area contributed by atoms with Crippen molar-refractivity contribution < 1.29 is 9.90 Å². The molecule has 0 radical (unpaired) electrons. The Morgan fingerprint density at radius 1 is 1.14 bits per heavy atom. The van der Waals surface area contributed by atoms with Crippen molar-refractivity contribution in [2.45, 2.75) is 11.5 Å². The number of hydrogen-bond donors (Lipinski definition) is 2. The molecule has 0 amide bonds. The number of rotatable bonds is 6. The van der Waals surface area contributed by atoms with E-state index in [1.165, 1.54) is 0 Å². The number of carbonyl (C=O) groups is 1. The van der Waals surface area contributed by atoms with Crippen molar-refractivity contribution in [1.82, 2.24) is 0 Å². The van der Waals surface area contributed by atoms with Crippen molar-refractivity contribution in [2.75, 3.05) is 0 Å². The highest BCUT2D eigenvalue weighted by Gasteiger charge is 2.06. The molecule has 0 atom stereocenters. The Hall–Kier alpha value is -1.85. The van der Waals surface area contributed by atoms with Gasteiger partial charge in [0.15, 0.2) is 0 Å². The minimum Gasteiger partial charge on any atom is -0.478 e. The van der Waals surface area contributed by atoms with Crippen LogP contribution < -0.4 is 5.73 Å². The van der Waals surface area contributed by atoms with Gasteiger partial charge < -0.3 is 10.8 Å². The van der Waals surface area contributed by atoms with Gasteiger partial charge in [0.25, 0.3) is 0 Å². The summed E-state index contributed by atoms with van der Waals surface area (Å²) in [5, 5.41) is 8.98. The van der Waals surface area contributed by atoms with Gasteiger partial charge in [0.1, 0.15) is 4.99 Å². The summed E-state index contributed by atoms with van der Waals surface area (Å²) < 4.78 is 0. The number of carboxylic acids is 1. The maximum absolute atomic E-state index is 10.9. The molecule has 0 aliphatic rings. The average molecular weight is 317 g/mol. The molecule has 21 heavy (non-hydrogen) atoms. The van der Waals surface area contributed by atoms with Crippen molar-refractivity contribution in [3.8, 4) is 0 Å². The van der Waals surface area contributed by atoms with Crippen molar-refractivity contribution in [1.29, 1.82) is 0 Å². The second-order valence-corrected chi connectivity index (χ2v) is 5.95. The number of nitrogens with two attached hydrogens (primary N) is 1. The molecular formula is C16H15NO2S2. The number of thiocarbonyl (C=S) groups is 1. The van der Waals surface area contributed by atoms with Crippen LogP contribution in [0.1, 0.15) is 27.0 Å². The summed E-state index contributed by atoms with van der Waals surface area (Å²) in [6, 6.07) is 14.8. The number of carboxylic acid groups (broad SMARTS) is 1. The predicted molar refractivity (Wildman–Crippen MR) is 90.7 cm³/mol. The summed E-state index contributed by atoms with van der Waals surface area (Å²) in [5.41, 5.74) is 9.02. The Bertz CT molecular complexity index is 671. The fourth-order valence-corrected chi connectivity index (χ4v) is 3.15. The van der Waals surface area contributed by atoms with Gasteiger partial charge in [-0.25, -0.2) is 4.79 Å². The van der Waals surface area contributed by atoms with Gasteiger partial charge in [0, 0.05) is 17.1 Å². The zero-order valence-corrected chi connectivity index (χ0v) is 12.9. The minimum atomic E-state index is -0.902. The molecular weight excluding hydrogens is 302 g/mol. The van der Waals surface area contributed by atoms with Crippen LogP contribution in [-0.2, 0) is 11.5 Å². The highest BCUT2D eigenvalue weighted by molar-refractivity contribution is 7.97. The van der Waals surface area contributed by atoms with E-state index in [1.54, 1.807) is 30.0 Å². The number of thioether (sulfide) groups is 1. The van der Waals surface area contributed by atoms with Crippen LogP contribution >= 0.6 is 24.0 Å². The van der Waals surface area contributed by atoms with E-state index in [-0.39, 0.29) is 0 Å². The monoisotopic (exact) mass is 317 g/mol. The fourth-order valence-electron chi connectivity index (χ4n) is 1.96. The maximum Gasteiger partial charge on any atom is 0.335 e. The largest absolute Gasteiger partial charge is 0.478 e. The van der Waals surface area contributed by atoms with Gasteiger partial charge in [-0.1, -0.05) is 48.6 Å². The first-order valence-electron chi connectivity index (χ1n) is 6.35. The third-order valence-corrected chi connectivity index (χ3v) is 4.26. The lowest BCUT2D eigenvalue weighted by Gasteiger charge is -2.08. The Morgan fingerprint density at radius 2 is 1.90 bits per heavy atom. The normalized spacial score (nSPS) is 10.3. The molecule has 2 aromatic rings. The van der Waals surface area contributed by atoms with Gasteiger partial charge in [-0.15, -0.1) is 0 Å². The van der Waals surface area contributed by atoms with E-state index in [4.69, 9.17) is 23.1 Å². The van der Waals surface area contributed by atoms with Gasteiger partial charge in [0.05, 0.1) is 5.56 Å². The van der Waals surface area contributed by atoms with Gasteiger partial charge in [-0.05, 0) is 23.3 Å². The molecule has 0 saturated carbocycles. The second kappa shape index (κ2) is 7.24. The summed E-state index contributed by atoms with van der Waals surface area (Å²) in [7, 11) is 0. The molecule has 2 aromatic carbocycles. The SMILES string of the molecule is NC(=S)c1ccccc1CSCc1cccc(C(=O)O)c1. The summed E-state index contributed by atoms with van der Waals surface area (Å²) in [5.74, 6) is 0.623. The minimum absolute atomic E-state index is 0.316. The van der Waals surface area contributed by atoms with Crippen molar-refractivity contribution >= 4 is 34.9 Å². The van der Waals surface area contributed by atoms with Crippen LogP contribution in [0.2, 0.25) is 0 Å². The molecule has 0 fully saturated rings. The van der Waals surface area contributed by atoms with E-state index in [2.05, 4.69) is 0 Å². The third kappa shape index (κ3) is 4.31. The van der Waals surface area contributed by atoms with Crippen LogP contribution in [0.25, 0.3) is 0 Å². The molecule has 108 valence electrons. The highest BCUT2D eigenvalue weighted by atomic mass is 32.2. The molecule has 0 aliphatic heterocycles. The molecule has 0 saturated heterocycles. The summed E-state index contributed by atoms with van der Waals surface area (Å²) in [6.45, 7) is 0. The first-order chi connectivity index (χ1) is 10.1. The summed E-state index contributed by atoms with van der Waals surface area (Å²) in [4.78, 5) is 11.3. The van der Waals surface area contributed by atoms with E-state index < -0.39 is 5.97 Å². The quantitative estimate of drug-likeness (QED) is 0.799. The van der Waals surface area contributed by atoms with Crippen molar-refractivity contribution in [3.63, 3.8) is 0 Å². The van der Waals surface area contributed by atoms with E-state index in [1.807, 2.05) is 30.3 Å². The third-order valence-electron chi connectivity index (χ3n) is 2.98. The van der Waals surface area contributed by atoms with Crippen LogP contribution in [-0.4, -0.2) is 16.1 Å². The summed E-state index contributed by atoms with van der Waals surface area (Å²) >= 11 is 6.75. The molecule has 0 heterocycles. The Kier molecular flexibility index (Phi) is 5.36. The van der Waals surface area contributed by atoms with Crippen molar-refractivity contribution in [2.24, 2.45) is 5.73 Å². The standard InChI is InChI=1S/C16H15NO2S2/c17-15(20)14-7-2-1-5-13(14)10-21-9-11-4-3-6-12(8-11)16(18)19/h1-8H,9-10H2,(H2,17,20)(H,18,19). The zero-order chi connectivity index (χ0) is 15.2. The molecule has 0 bridgehead atoms. The topological polar surface area (TPSA) is 63.3 Å². The molecule has 3 N–H and O–H groups in total. The van der Waals surface area contributed by atoms with Gasteiger partial charge >= 0.3 is 5.97 Å². The first-order valence-corrected chi connectivity index (χ1v) is 7.92. The Morgan fingerprint density at radius 3 is 2.62 bits per heavy atom. The van der Waals surface area contributed by atoms with Gasteiger partial charge in [0.2, 0.25) is 0 Å². The molecule has 0 aromatic heterocycles. The van der Waals surface area contributed by atoms with Crippen LogP contribution in [0.15, 0.2) is 48.5 Å². The number of aromatic carboxylic acids is 1. The molecule has 2 rings (SSSR count). The van der Waals surface area contributed by atoms with Crippen LogP contribution in [0, 0.1) is 0 Å². The molecule has 3 nitrogen and oxygen atoms in total. The van der Waals surface area contributed by atoms with Gasteiger partial charge in [-0.3, -0.25) is 0 Å². The zero-order valence-electron chi connectivity index (χ0n) is 11.3. The number of hydrogen-bond acceptors (Lipinski definition) is 3. The fraction of sp³-hybridized carbons (Fsp3) is 0.125. The van der Waals surface area contributed by atoms with E-state index in [9.17, 15) is 4.79 Å². The van der Waals surface area contributed by atoms with E-state index in [0.717, 1.165) is 28.2 Å². The van der Waals surface area contributed by atoms with E-state index >= 15 is 0 Å². The highest BCUT2D eigenvalue weighted by Crippen LogP contribution is 2.21. The van der Waals surface area contributed by atoms with E-state index in [0.29, 0.717) is 10.6 Å². The smallest absolute Gasteiger partial charge is 0.335 e. The van der Waals surface area contributed by atoms with Crippen molar-refractivity contribution in [3.05, 3.63) is 70.8 Å². The van der Waals surface area contributed by atoms with Crippen LogP contribution in [0.4, 0.5) is 0 Å². The molecule has 0 spiro atoms. The predicted octanol–water partition coefficient (Wildman–Crippen LogP) is 3.45. The van der Waals surface area contributed by atoms with Crippen LogP contribution in [0.3, 0.4) is 0 Å². The second-order valence-electron chi connectivity index (χ2n) is 4.52.